The van der Waals surface area contributed by atoms with Gasteiger partial charge in [0, 0.05) is 18.1 Å². The zero-order valence-electron chi connectivity index (χ0n) is 14.4. The predicted molar refractivity (Wildman–Crippen MR) is 88.6 cm³/mol. The molecule has 1 heterocycles. The van der Waals surface area contributed by atoms with Crippen LogP contribution >= 0.6 is 0 Å². The third-order valence-electron chi connectivity index (χ3n) is 4.15. The van der Waals surface area contributed by atoms with Gasteiger partial charge in [-0.05, 0) is 12.5 Å². The molecule has 1 atom stereocenters. The van der Waals surface area contributed by atoms with E-state index in [0.717, 1.165) is 6.33 Å². The van der Waals surface area contributed by atoms with E-state index in [1.165, 1.54) is 0 Å². The second-order valence-electron chi connectivity index (χ2n) is 6.14. The Balaban J connectivity index is 2.57. The summed E-state index contributed by atoms with van der Waals surface area (Å²) in [6.45, 7) is 1.76. The highest BCUT2D eigenvalue weighted by molar-refractivity contribution is 7.92. The first-order valence-electron chi connectivity index (χ1n) is 8.17. The number of aliphatic hydroxyl groups is 1. The van der Waals surface area contributed by atoms with Crippen molar-refractivity contribution in [2.75, 3.05) is 5.75 Å². The minimum absolute atomic E-state index is 0.0429. The summed E-state index contributed by atoms with van der Waals surface area (Å²) in [5.74, 6) is -3.74. The Labute approximate surface area is 153 Å². The number of benzene rings is 1. The summed E-state index contributed by atoms with van der Waals surface area (Å²) >= 11 is 0. The highest BCUT2D eigenvalue weighted by Crippen LogP contribution is 2.45. The van der Waals surface area contributed by atoms with Gasteiger partial charge < -0.3 is 5.11 Å². The predicted octanol–water partition coefficient (Wildman–Crippen LogP) is 2.71. The van der Waals surface area contributed by atoms with E-state index in [1.807, 2.05) is 0 Å². The van der Waals surface area contributed by atoms with Gasteiger partial charge in [0.25, 0.3) is 0 Å². The molecular weight excluding hydrogens is 390 g/mol. The number of hydrogen-bond acceptors (Lipinski definition) is 5. The smallest absolute Gasteiger partial charge is 0.377 e. The first-order valence-corrected chi connectivity index (χ1v) is 9.82. The van der Waals surface area contributed by atoms with Crippen LogP contribution in [0, 0.1) is 11.6 Å². The van der Waals surface area contributed by atoms with Gasteiger partial charge in [-0.1, -0.05) is 25.8 Å². The standard InChI is InChI=1S/C16H19F4N3O3S/c1-2-3-4-7-27(25,26)16(19,20)15(24,9-14-21-10-22-23-14)12-6-5-11(17)8-13(12)18/h5-6,8,10,24H,2-4,7,9H2,1H3,(H,21,22,23)/t15-/m0/s1. The summed E-state index contributed by atoms with van der Waals surface area (Å²) in [5, 5.41) is 11.7. The van der Waals surface area contributed by atoms with E-state index >= 15 is 8.78 Å². The van der Waals surface area contributed by atoms with E-state index in [9.17, 15) is 22.3 Å². The average molecular weight is 409 g/mol. The Morgan fingerprint density at radius 3 is 2.48 bits per heavy atom. The normalized spacial score (nSPS) is 14.9. The summed E-state index contributed by atoms with van der Waals surface area (Å²) in [6.07, 6.45) is 0.829. The number of H-pyrrole nitrogens is 1. The van der Waals surface area contributed by atoms with Gasteiger partial charge in [0.05, 0.1) is 5.75 Å². The van der Waals surface area contributed by atoms with Crippen molar-refractivity contribution < 1.29 is 31.1 Å². The summed E-state index contributed by atoms with van der Waals surface area (Å²) in [7, 11) is -5.17. The van der Waals surface area contributed by atoms with Crippen molar-refractivity contribution in [1.29, 1.82) is 0 Å². The van der Waals surface area contributed by atoms with Crippen LogP contribution in [0.2, 0.25) is 0 Å². The van der Waals surface area contributed by atoms with Crippen LogP contribution in [0.5, 0.6) is 0 Å². The molecule has 0 unspecified atom stereocenters. The zero-order chi connectivity index (χ0) is 20.3. The van der Waals surface area contributed by atoms with E-state index < -0.39 is 50.1 Å². The largest absolute Gasteiger partial charge is 0.377 e. The first kappa shape index (κ1) is 21.3. The molecule has 0 radical (unpaired) electrons. The molecule has 0 amide bonds. The number of nitrogens with zero attached hydrogens (tertiary/aromatic N) is 2. The third kappa shape index (κ3) is 4.13. The fourth-order valence-corrected chi connectivity index (χ4v) is 4.20. The number of alkyl halides is 2. The molecule has 27 heavy (non-hydrogen) atoms. The maximum Gasteiger partial charge on any atom is 0.377 e. The number of halogens is 4. The Hall–Kier alpha value is -2.01. The molecule has 0 fully saturated rings. The van der Waals surface area contributed by atoms with Crippen molar-refractivity contribution >= 4 is 9.84 Å². The average Bonchev–Trinajstić information content (AvgIpc) is 3.07. The van der Waals surface area contributed by atoms with Crippen LogP contribution in [0.1, 0.15) is 37.6 Å². The molecule has 0 bridgehead atoms. The number of sulfone groups is 1. The lowest BCUT2D eigenvalue weighted by molar-refractivity contribution is -0.135. The molecular formula is C16H19F4N3O3S. The van der Waals surface area contributed by atoms with Crippen LogP contribution in [-0.4, -0.2) is 39.7 Å². The second-order valence-corrected chi connectivity index (χ2v) is 8.29. The summed E-state index contributed by atoms with van der Waals surface area (Å²) in [4.78, 5) is 3.59. The van der Waals surface area contributed by atoms with Crippen molar-refractivity contribution in [2.24, 2.45) is 0 Å². The van der Waals surface area contributed by atoms with Crippen molar-refractivity contribution in [3.8, 4) is 0 Å². The van der Waals surface area contributed by atoms with Gasteiger partial charge in [-0.15, -0.1) is 0 Å². The van der Waals surface area contributed by atoms with Crippen molar-refractivity contribution in [1.82, 2.24) is 15.2 Å². The lowest BCUT2D eigenvalue weighted by Crippen LogP contribution is -2.53. The van der Waals surface area contributed by atoms with Crippen molar-refractivity contribution in [3.63, 3.8) is 0 Å². The quantitative estimate of drug-likeness (QED) is 0.490. The zero-order valence-corrected chi connectivity index (χ0v) is 15.2. The maximum absolute atomic E-state index is 15.1. The highest BCUT2D eigenvalue weighted by Gasteiger charge is 2.63. The van der Waals surface area contributed by atoms with Crippen LogP contribution in [0.3, 0.4) is 0 Å². The van der Waals surface area contributed by atoms with Crippen molar-refractivity contribution in [2.45, 2.75) is 43.5 Å². The molecule has 1 aromatic heterocycles. The number of aromatic nitrogens is 3. The minimum atomic E-state index is -5.17. The summed E-state index contributed by atoms with van der Waals surface area (Å²) < 4.78 is 82.2. The minimum Gasteiger partial charge on any atom is -0.377 e. The number of rotatable bonds is 9. The molecule has 0 spiro atoms. The fraction of sp³-hybridized carbons (Fsp3) is 0.500. The first-order chi connectivity index (χ1) is 12.5. The molecule has 2 rings (SSSR count). The topological polar surface area (TPSA) is 95.9 Å². The number of aromatic amines is 1. The van der Waals surface area contributed by atoms with Gasteiger partial charge in [-0.3, -0.25) is 5.10 Å². The van der Waals surface area contributed by atoms with Crippen LogP contribution in [0.15, 0.2) is 24.5 Å². The molecule has 150 valence electrons. The lowest BCUT2D eigenvalue weighted by Gasteiger charge is -2.35. The molecule has 0 aliphatic heterocycles. The maximum atomic E-state index is 15.1. The van der Waals surface area contributed by atoms with Gasteiger partial charge in [0.1, 0.15) is 23.8 Å². The molecule has 6 nitrogen and oxygen atoms in total. The Kier molecular flexibility index (Phi) is 6.25. The van der Waals surface area contributed by atoms with Gasteiger partial charge in [-0.25, -0.2) is 22.2 Å². The van der Waals surface area contributed by atoms with E-state index in [-0.39, 0.29) is 12.2 Å². The van der Waals surface area contributed by atoms with E-state index in [4.69, 9.17) is 0 Å². The Morgan fingerprint density at radius 2 is 1.93 bits per heavy atom. The third-order valence-corrected chi connectivity index (χ3v) is 6.10. The molecule has 1 aromatic carbocycles. The highest BCUT2D eigenvalue weighted by atomic mass is 32.2. The lowest BCUT2D eigenvalue weighted by atomic mass is 9.89. The van der Waals surface area contributed by atoms with E-state index in [1.54, 1.807) is 6.92 Å². The molecule has 0 saturated heterocycles. The van der Waals surface area contributed by atoms with Gasteiger partial charge in [0.15, 0.2) is 5.60 Å². The van der Waals surface area contributed by atoms with Crippen LogP contribution in [0.4, 0.5) is 17.6 Å². The fourth-order valence-electron chi connectivity index (χ4n) is 2.67. The van der Waals surface area contributed by atoms with Crippen LogP contribution in [-0.2, 0) is 21.9 Å². The van der Waals surface area contributed by atoms with Gasteiger partial charge >= 0.3 is 5.25 Å². The molecule has 2 aromatic rings. The number of hydrogen-bond donors (Lipinski definition) is 2. The molecule has 11 heteroatoms. The number of unbranched alkanes of at least 4 members (excludes halogenated alkanes) is 2. The van der Waals surface area contributed by atoms with E-state index in [2.05, 4.69) is 15.2 Å². The monoisotopic (exact) mass is 409 g/mol. The van der Waals surface area contributed by atoms with E-state index in [0.29, 0.717) is 31.0 Å². The molecule has 2 N–H and O–H groups in total. The van der Waals surface area contributed by atoms with Gasteiger partial charge in [0.2, 0.25) is 9.84 Å². The summed E-state index contributed by atoms with van der Waals surface area (Å²) in [5.41, 5.74) is -4.57. The second kappa shape index (κ2) is 7.93. The van der Waals surface area contributed by atoms with Crippen LogP contribution in [0.25, 0.3) is 0 Å². The molecule has 0 saturated carbocycles. The molecule has 0 aliphatic carbocycles. The SMILES string of the molecule is CCCCCS(=O)(=O)C(F)(F)[C@](O)(Cc1ncn[nH]1)c1ccc(F)cc1F. The van der Waals surface area contributed by atoms with Crippen LogP contribution < -0.4 is 0 Å². The Morgan fingerprint density at radius 1 is 1.22 bits per heavy atom. The van der Waals surface area contributed by atoms with Gasteiger partial charge in [-0.2, -0.15) is 13.9 Å². The van der Waals surface area contributed by atoms with Crippen molar-refractivity contribution in [3.05, 3.63) is 47.5 Å². The molecule has 0 aliphatic rings. The summed E-state index contributed by atoms with van der Waals surface area (Å²) in [6, 6.07) is 1.54. The Bertz CT molecular complexity index is 875. The number of nitrogens with one attached hydrogen (secondary N) is 1.